The fourth-order valence-electron chi connectivity index (χ4n) is 2.74. The Balaban J connectivity index is 1.34. The molecule has 0 atom stereocenters. The quantitative estimate of drug-likeness (QED) is 0.437. The molecule has 30 heavy (non-hydrogen) atoms. The van der Waals surface area contributed by atoms with Crippen LogP contribution in [0.4, 0.5) is 10.1 Å². The van der Waals surface area contributed by atoms with Crippen molar-refractivity contribution in [2.24, 2.45) is 0 Å². The van der Waals surface area contributed by atoms with Crippen LogP contribution in [-0.4, -0.2) is 25.5 Å². The van der Waals surface area contributed by atoms with Gasteiger partial charge in [-0.15, -0.1) is 0 Å². The molecule has 2 aromatic carbocycles. The molecule has 4 rings (SSSR count). The summed E-state index contributed by atoms with van der Waals surface area (Å²) in [7, 11) is 0. The van der Waals surface area contributed by atoms with Gasteiger partial charge in [-0.3, -0.25) is 9.48 Å². The lowest BCUT2D eigenvalue weighted by atomic mass is 10.2. The van der Waals surface area contributed by atoms with Gasteiger partial charge in [-0.25, -0.2) is 9.07 Å². The van der Waals surface area contributed by atoms with E-state index in [1.807, 2.05) is 24.3 Å². The zero-order valence-electron chi connectivity index (χ0n) is 15.7. The summed E-state index contributed by atoms with van der Waals surface area (Å²) in [6.45, 7) is 0.444. The molecule has 0 aliphatic carbocycles. The number of aromatic nitrogens is 4. The summed E-state index contributed by atoms with van der Waals surface area (Å²) in [5.74, 6) is 0.0271. The van der Waals surface area contributed by atoms with Crippen LogP contribution in [0.25, 0.3) is 0 Å². The van der Waals surface area contributed by atoms with Crippen LogP contribution < -0.4 is 10.1 Å². The van der Waals surface area contributed by atoms with Crippen LogP contribution in [0.3, 0.4) is 0 Å². The van der Waals surface area contributed by atoms with E-state index in [9.17, 15) is 9.18 Å². The van der Waals surface area contributed by atoms with Crippen molar-refractivity contribution in [2.75, 3.05) is 5.32 Å². The highest BCUT2D eigenvalue weighted by Gasteiger charge is 2.12. The lowest BCUT2D eigenvalue weighted by Gasteiger charge is -2.06. The Morgan fingerprint density at radius 1 is 1.10 bits per heavy atom. The number of anilines is 1. The molecule has 0 aliphatic rings. The van der Waals surface area contributed by atoms with Crippen molar-refractivity contribution in [2.45, 2.75) is 13.3 Å². The summed E-state index contributed by atoms with van der Waals surface area (Å²) >= 11 is 3.37. The second kappa shape index (κ2) is 8.91. The number of benzene rings is 2. The summed E-state index contributed by atoms with van der Waals surface area (Å²) in [6.07, 6.45) is 4.81. The van der Waals surface area contributed by atoms with Crippen molar-refractivity contribution in [3.63, 3.8) is 0 Å². The first-order valence-corrected chi connectivity index (χ1v) is 9.85. The van der Waals surface area contributed by atoms with E-state index in [0.29, 0.717) is 17.0 Å². The second-order valence-corrected chi connectivity index (χ2v) is 7.36. The topological polar surface area (TPSA) is 74.0 Å². The molecule has 1 amide bonds. The predicted octanol–water partition coefficient (Wildman–Crippen LogP) is 4.32. The number of amides is 1. The van der Waals surface area contributed by atoms with Crippen molar-refractivity contribution in [3.05, 3.63) is 94.7 Å². The van der Waals surface area contributed by atoms with E-state index in [4.69, 9.17) is 4.74 Å². The maximum absolute atomic E-state index is 13.8. The summed E-state index contributed by atoms with van der Waals surface area (Å²) < 4.78 is 23.4. The molecule has 152 valence electrons. The van der Waals surface area contributed by atoms with Gasteiger partial charge in [0.1, 0.15) is 11.6 Å². The lowest BCUT2D eigenvalue weighted by Crippen LogP contribution is -2.14. The molecule has 7 nitrogen and oxygen atoms in total. The molecule has 0 saturated carbocycles. The number of ether oxygens (including phenoxy) is 1. The van der Waals surface area contributed by atoms with E-state index in [1.54, 1.807) is 41.3 Å². The Kier molecular flexibility index (Phi) is 5.89. The molecular weight excluding hydrogens is 453 g/mol. The van der Waals surface area contributed by atoms with Gasteiger partial charge < -0.3 is 10.1 Å². The van der Waals surface area contributed by atoms with Crippen LogP contribution in [0.5, 0.6) is 5.75 Å². The molecule has 0 aliphatic heterocycles. The number of hydrogen-bond donors (Lipinski definition) is 1. The fraction of sp³-hybridized carbons (Fsp3) is 0.0952. The Bertz CT molecular complexity index is 1160. The minimum atomic E-state index is -0.372. The van der Waals surface area contributed by atoms with Gasteiger partial charge in [0.05, 0.1) is 18.4 Å². The standard InChI is InChI=1S/C21H17BrFN5O2/c22-16-5-7-18(8-6-16)30-14-27-10-9-20(26-27)21(29)25-17-11-24-28(13-17)12-15-3-1-2-4-19(15)23/h1-11,13H,12,14H2,(H,25,29). The van der Waals surface area contributed by atoms with E-state index in [0.717, 1.165) is 4.47 Å². The number of halogens is 2. The monoisotopic (exact) mass is 469 g/mol. The third kappa shape index (κ3) is 4.93. The highest BCUT2D eigenvalue weighted by atomic mass is 79.9. The first kappa shape index (κ1) is 19.8. The molecule has 2 heterocycles. The molecule has 2 aromatic heterocycles. The zero-order chi connectivity index (χ0) is 20.9. The van der Waals surface area contributed by atoms with Crippen molar-refractivity contribution >= 4 is 27.5 Å². The van der Waals surface area contributed by atoms with Crippen LogP contribution in [0.2, 0.25) is 0 Å². The van der Waals surface area contributed by atoms with Gasteiger partial charge in [0.25, 0.3) is 5.91 Å². The summed E-state index contributed by atoms with van der Waals surface area (Å²) in [5.41, 5.74) is 1.26. The van der Waals surface area contributed by atoms with Gasteiger partial charge in [0.15, 0.2) is 12.4 Å². The van der Waals surface area contributed by atoms with Crippen molar-refractivity contribution in [3.8, 4) is 5.75 Å². The molecular formula is C21H17BrFN5O2. The van der Waals surface area contributed by atoms with Crippen LogP contribution in [-0.2, 0) is 13.3 Å². The van der Waals surface area contributed by atoms with Crippen LogP contribution in [0, 0.1) is 5.82 Å². The molecule has 0 bridgehead atoms. The zero-order valence-corrected chi connectivity index (χ0v) is 17.3. The van der Waals surface area contributed by atoms with Crippen molar-refractivity contribution < 1.29 is 13.9 Å². The highest BCUT2D eigenvalue weighted by molar-refractivity contribution is 9.10. The first-order chi connectivity index (χ1) is 14.6. The molecule has 0 spiro atoms. The van der Waals surface area contributed by atoms with Crippen LogP contribution >= 0.6 is 15.9 Å². The Morgan fingerprint density at radius 2 is 1.90 bits per heavy atom. The lowest BCUT2D eigenvalue weighted by molar-refractivity contribution is 0.102. The number of hydrogen-bond acceptors (Lipinski definition) is 4. The number of carbonyl (C=O) groups is 1. The fourth-order valence-corrected chi connectivity index (χ4v) is 3.00. The van der Waals surface area contributed by atoms with Gasteiger partial charge in [0.2, 0.25) is 0 Å². The largest absolute Gasteiger partial charge is 0.471 e. The summed E-state index contributed by atoms with van der Waals surface area (Å²) in [4.78, 5) is 12.4. The average molecular weight is 470 g/mol. The normalized spacial score (nSPS) is 10.7. The Labute approximate surface area is 180 Å². The van der Waals surface area contributed by atoms with E-state index in [1.165, 1.54) is 16.9 Å². The molecule has 0 radical (unpaired) electrons. The summed E-state index contributed by atoms with van der Waals surface area (Å²) in [5, 5.41) is 11.1. The smallest absolute Gasteiger partial charge is 0.276 e. The van der Waals surface area contributed by atoms with E-state index in [2.05, 4.69) is 31.4 Å². The van der Waals surface area contributed by atoms with E-state index in [-0.39, 0.29) is 30.7 Å². The van der Waals surface area contributed by atoms with E-state index >= 15 is 0 Å². The maximum atomic E-state index is 13.8. The van der Waals surface area contributed by atoms with Gasteiger partial charge in [-0.2, -0.15) is 10.2 Å². The van der Waals surface area contributed by atoms with E-state index < -0.39 is 0 Å². The first-order valence-electron chi connectivity index (χ1n) is 9.06. The van der Waals surface area contributed by atoms with Crippen LogP contribution in [0.15, 0.2) is 77.7 Å². The maximum Gasteiger partial charge on any atom is 0.276 e. The summed E-state index contributed by atoms with van der Waals surface area (Å²) in [6, 6.07) is 15.5. The number of rotatable bonds is 7. The second-order valence-electron chi connectivity index (χ2n) is 6.44. The third-order valence-corrected chi connectivity index (χ3v) is 4.76. The highest BCUT2D eigenvalue weighted by Crippen LogP contribution is 2.16. The van der Waals surface area contributed by atoms with Crippen molar-refractivity contribution in [1.29, 1.82) is 0 Å². The number of nitrogens with zero attached hydrogens (tertiary/aromatic N) is 4. The molecule has 1 N–H and O–H groups in total. The Hall–Kier alpha value is -3.46. The van der Waals surface area contributed by atoms with Gasteiger partial charge in [-0.1, -0.05) is 34.1 Å². The third-order valence-electron chi connectivity index (χ3n) is 4.23. The molecule has 0 saturated heterocycles. The molecule has 0 unspecified atom stereocenters. The molecule has 9 heteroatoms. The Morgan fingerprint density at radius 3 is 2.70 bits per heavy atom. The predicted molar refractivity (Wildman–Crippen MR) is 113 cm³/mol. The minimum absolute atomic E-state index is 0.176. The van der Waals surface area contributed by atoms with Gasteiger partial charge >= 0.3 is 0 Å². The average Bonchev–Trinajstić information content (AvgIpc) is 3.39. The number of carbonyl (C=O) groups excluding carboxylic acids is 1. The minimum Gasteiger partial charge on any atom is -0.471 e. The van der Waals surface area contributed by atoms with Gasteiger partial charge in [-0.05, 0) is 36.4 Å². The molecule has 0 fully saturated rings. The number of nitrogens with one attached hydrogen (secondary N) is 1. The molecule has 4 aromatic rings. The van der Waals surface area contributed by atoms with Crippen molar-refractivity contribution in [1.82, 2.24) is 19.6 Å². The van der Waals surface area contributed by atoms with Crippen LogP contribution in [0.1, 0.15) is 16.1 Å². The SMILES string of the molecule is O=C(Nc1cnn(Cc2ccccc2F)c1)c1ccn(COc2ccc(Br)cc2)n1. The van der Waals surface area contributed by atoms with Gasteiger partial charge in [0, 0.05) is 22.4 Å².